The molecule has 300 valence electrons. The molecular formula is C45H82N3O3P. The quantitative estimate of drug-likeness (QED) is 0.0470. The minimum atomic E-state index is -3.68. The third-order valence-electron chi connectivity index (χ3n) is 15.0. The molecule has 52 heavy (non-hydrogen) atoms. The summed E-state index contributed by atoms with van der Waals surface area (Å²) in [6, 6.07) is -0.692. The maximum atomic E-state index is 14.5. The number of rotatable bonds is 23. The van der Waals surface area contributed by atoms with Crippen molar-refractivity contribution in [2.75, 3.05) is 0 Å². The monoisotopic (exact) mass is 744 g/mol. The molecule has 3 saturated carbocycles. The van der Waals surface area contributed by atoms with Gasteiger partial charge in [-0.2, -0.15) is 0 Å². The predicted octanol–water partition coefficient (Wildman–Crippen LogP) is 11.8. The Kier molecular flexibility index (Phi) is 17.2. The van der Waals surface area contributed by atoms with Gasteiger partial charge in [0.05, 0.1) is 12.1 Å². The lowest BCUT2D eigenvalue weighted by atomic mass is 9.43. The largest absolute Gasteiger partial charge is 0.391 e. The highest BCUT2D eigenvalue weighted by molar-refractivity contribution is 7.56. The van der Waals surface area contributed by atoms with Crippen LogP contribution in [-0.4, -0.2) is 23.0 Å². The van der Waals surface area contributed by atoms with Crippen LogP contribution in [0.1, 0.15) is 189 Å². The third-order valence-corrected chi connectivity index (χ3v) is 15.7. The number of aliphatic hydroxyl groups is 1. The molecule has 10 atom stereocenters. The van der Waals surface area contributed by atoms with Gasteiger partial charge in [0, 0.05) is 17.8 Å². The topological polar surface area (TPSA) is 118 Å². The average molecular weight is 744 g/mol. The highest BCUT2D eigenvalue weighted by atomic mass is 31.2. The van der Waals surface area contributed by atoms with Crippen LogP contribution in [0.3, 0.4) is 0 Å². The summed E-state index contributed by atoms with van der Waals surface area (Å²) in [4.78, 5) is 14.5. The molecule has 0 aromatic heterocycles. The van der Waals surface area contributed by atoms with Crippen molar-refractivity contribution >= 4 is 13.4 Å². The van der Waals surface area contributed by atoms with E-state index < -0.39 is 31.1 Å². The second kappa shape index (κ2) is 20.4. The minimum absolute atomic E-state index is 0.188. The maximum Gasteiger partial charge on any atom is 0.274 e. The third kappa shape index (κ3) is 11.2. The number of nitrogens with one attached hydrogen (secondary N) is 1. The van der Waals surface area contributed by atoms with E-state index >= 15 is 0 Å². The number of ketones is 1. The Balaban J connectivity index is 1.37. The van der Waals surface area contributed by atoms with Gasteiger partial charge < -0.3 is 5.11 Å². The fourth-order valence-corrected chi connectivity index (χ4v) is 13.0. The van der Waals surface area contributed by atoms with Gasteiger partial charge in [0.2, 0.25) is 0 Å². The van der Waals surface area contributed by atoms with Gasteiger partial charge in [-0.05, 0) is 112 Å². The van der Waals surface area contributed by atoms with E-state index in [1.165, 1.54) is 102 Å². The molecule has 0 aliphatic heterocycles. The van der Waals surface area contributed by atoms with Crippen LogP contribution in [0.2, 0.25) is 0 Å². The fourth-order valence-electron chi connectivity index (χ4n) is 12.3. The molecule has 3 fully saturated rings. The number of Topliss-reactive ketones (excluding diaryl/α,β-unsaturated/α-hetero) is 1. The van der Waals surface area contributed by atoms with Crippen LogP contribution in [0.4, 0.5) is 0 Å². The van der Waals surface area contributed by atoms with Crippen LogP contribution in [-0.2, 0) is 9.36 Å². The molecule has 0 radical (unpaired) electrons. The molecule has 0 bridgehead atoms. The lowest BCUT2D eigenvalue weighted by Crippen LogP contribution is -2.63. The summed E-state index contributed by atoms with van der Waals surface area (Å²) < 4.78 is 12.9. The average Bonchev–Trinajstić information content (AvgIpc) is 3.43. The first-order valence-corrected chi connectivity index (χ1v) is 24.1. The molecule has 0 aromatic rings. The van der Waals surface area contributed by atoms with Crippen LogP contribution in [0.25, 0.3) is 0 Å². The zero-order valence-corrected chi connectivity index (χ0v) is 35.5. The number of unbranched alkanes of at least 4 members (excludes halogenated alkanes) is 11. The highest BCUT2D eigenvalue weighted by Crippen LogP contribution is 2.68. The molecule has 6 N–H and O–H groups in total. The van der Waals surface area contributed by atoms with E-state index in [2.05, 4.69) is 64.9 Å². The van der Waals surface area contributed by atoms with Crippen molar-refractivity contribution in [3.05, 3.63) is 23.8 Å². The summed E-state index contributed by atoms with van der Waals surface area (Å²) in [6.45, 7) is 14.4. The fraction of sp³-hybridized carbons (Fsp3) is 0.889. The smallest absolute Gasteiger partial charge is 0.274 e. The van der Waals surface area contributed by atoms with Gasteiger partial charge in [-0.15, -0.1) is 0 Å². The number of carbonyl (C=O) groups excluding carboxylic acids is 1. The summed E-state index contributed by atoms with van der Waals surface area (Å²) in [5.74, 6) is 3.56. The number of hydrogen-bond donors (Lipinski definition) is 4. The number of allylic oxidation sites excluding steroid dienone is 3. The molecular weight excluding hydrogens is 661 g/mol. The minimum Gasteiger partial charge on any atom is -0.391 e. The summed E-state index contributed by atoms with van der Waals surface area (Å²) in [6.07, 6.45) is 33.1. The van der Waals surface area contributed by atoms with E-state index in [0.717, 1.165) is 56.3 Å². The number of carbonyl (C=O) groups is 1. The van der Waals surface area contributed by atoms with Crippen molar-refractivity contribution in [2.45, 2.75) is 201 Å². The molecule has 4 aliphatic rings. The first kappa shape index (κ1) is 43.9. The van der Waals surface area contributed by atoms with Crippen molar-refractivity contribution in [2.24, 2.45) is 63.3 Å². The van der Waals surface area contributed by atoms with Gasteiger partial charge in [-0.1, -0.05) is 136 Å². The standard InChI is InChI=1S/C45H82N3O3P/c1-7-8-9-10-11-12-13-14-15-16-17-18-19-20-21-25-40(49)42-43(48-52(46,47)51)41(50)32-35-26-27-36-38-29-28-37(34(4)24-22-23-33(2)3)44(38,5)31-30-39(36)45(35,42)6/h14-15,26,33-34,36-39,41-43,50H,7-13,16-25,27-32H2,1-6H3,(H5,46,47,48,51)/b15-14-/t34-,36+,37-,38+,39+,41-,42?,43?,44-,45+/m1/s1. The summed E-state index contributed by atoms with van der Waals surface area (Å²) in [7, 11) is -3.68. The predicted molar refractivity (Wildman–Crippen MR) is 221 cm³/mol. The van der Waals surface area contributed by atoms with E-state index in [0.29, 0.717) is 36.0 Å². The Bertz CT molecular complexity index is 1210. The Morgan fingerprint density at radius 1 is 0.904 bits per heavy atom. The van der Waals surface area contributed by atoms with E-state index in [9.17, 15) is 14.5 Å². The van der Waals surface area contributed by atoms with Crippen molar-refractivity contribution in [1.29, 1.82) is 0 Å². The Hall–Kier alpha value is -0.780. The Morgan fingerprint density at radius 2 is 1.54 bits per heavy atom. The van der Waals surface area contributed by atoms with Crippen molar-refractivity contribution in [3.63, 3.8) is 0 Å². The molecule has 6 nitrogen and oxygen atoms in total. The van der Waals surface area contributed by atoms with Crippen LogP contribution in [0.5, 0.6) is 0 Å². The first-order chi connectivity index (χ1) is 24.7. The Labute approximate surface area is 320 Å². The van der Waals surface area contributed by atoms with Gasteiger partial charge in [-0.25, -0.2) is 5.09 Å². The summed E-state index contributed by atoms with van der Waals surface area (Å²) >= 11 is 0. The van der Waals surface area contributed by atoms with Crippen LogP contribution < -0.4 is 16.1 Å². The van der Waals surface area contributed by atoms with E-state index in [4.69, 9.17) is 11.0 Å². The van der Waals surface area contributed by atoms with Gasteiger partial charge in [0.1, 0.15) is 5.78 Å². The van der Waals surface area contributed by atoms with E-state index in [1.54, 1.807) is 0 Å². The summed E-state index contributed by atoms with van der Waals surface area (Å²) in [5, 5.41) is 14.5. The molecule has 0 heterocycles. The second-order valence-corrected chi connectivity index (χ2v) is 20.7. The zero-order chi connectivity index (χ0) is 37.9. The van der Waals surface area contributed by atoms with Gasteiger partial charge in [0.15, 0.2) is 0 Å². The van der Waals surface area contributed by atoms with Crippen molar-refractivity contribution in [1.82, 2.24) is 5.09 Å². The molecule has 0 spiro atoms. The number of hydrogen-bond acceptors (Lipinski definition) is 3. The van der Waals surface area contributed by atoms with Crippen LogP contribution in [0, 0.1) is 52.3 Å². The molecule has 0 aromatic carbocycles. The lowest BCUT2D eigenvalue weighted by Gasteiger charge is -2.61. The summed E-state index contributed by atoms with van der Waals surface area (Å²) in [5.41, 5.74) is 13.1. The van der Waals surface area contributed by atoms with Crippen LogP contribution in [0.15, 0.2) is 23.8 Å². The zero-order valence-electron chi connectivity index (χ0n) is 34.6. The van der Waals surface area contributed by atoms with E-state index in [-0.39, 0.29) is 5.78 Å². The first-order valence-electron chi connectivity index (χ1n) is 22.2. The number of nitrogens with two attached hydrogens (primary N) is 2. The van der Waals surface area contributed by atoms with Gasteiger partial charge in [-0.3, -0.25) is 20.4 Å². The molecule has 0 saturated heterocycles. The molecule has 2 unspecified atom stereocenters. The molecule has 7 heteroatoms. The number of aliphatic hydroxyl groups excluding tert-OH is 1. The molecule has 4 aliphatic carbocycles. The highest BCUT2D eigenvalue weighted by Gasteiger charge is 2.63. The van der Waals surface area contributed by atoms with Crippen molar-refractivity contribution < 1.29 is 14.5 Å². The van der Waals surface area contributed by atoms with Gasteiger partial charge in [0.25, 0.3) is 7.59 Å². The maximum absolute atomic E-state index is 14.5. The number of fused-ring (bicyclic) bond motifs is 5. The molecule has 0 amide bonds. The lowest BCUT2D eigenvalue weighted by molar-refractivity contribution is -0.139. The normalized spacial score (nSPS) is 33.9. The van der Waals surface area contributed by atoms with Crippen LogP contribution >= 0.6 is 7.59 Å². The SMILES string of the molecule is CCCCCCCC/C=C\CCCCCCCC(=O)C1C(NP(N)(N)=O)[C@H](O)CC2=CC[C@H]3[C@@H]4CC[C@H]([C@H](C)CCCC(C)C)[C@@]4(C)CC[C@@H]3[C@]21C. The van der Waals surface area contributed by atoms with E-state index in [1.807, 2.05) is 0 Å². The molecule has 4 rings (SSSR count). The van der Waals surface area contributed by atoms with Gasteiger partial charge >= 0.3 is 0 Å². The second-order valence-electron chi connectivity index (χ2n) is 19.1. The Morgan fingerprint density at radius 3 is 2.17 bits per heavy atom. The van der Waals surface area contributed by atoms with Crippen molar-refractivity contribution in [3.8, 4) is 0 Å².